The molecular weight excluding hydrogens is 268 g/mol. The summed E-state index contributed by atoms with van der Waals surface area (Å²) in [6.07, 6.45) is 11.7. The molecule has 1 aromatic heterocycles. The molecule has 22 heavy (non-hydrogen) atoms. The van der Waals surface area contributed by atoms with Crippen LogP contribution in [-0.2, 0) is 13.1 Å². The summed E-state index contributed by atoms with van der Waals surface area (Å²) in [7, 11) is 0. The van der Waals surface area contributed by atoms with E-state index in [1.807, 2.05) is 0 Å². The fraction of sp³-hybridized carbons (Fsp3) is 0.600. The minimum atomic E-state index is 0.992. The normalized spacial score (nSPS) is 11.4. The number of hydrogen-bond acceptors (Lipinski definition) is 1. The molecule has 2 aromatic rings. The van der Waals surface area contributed by atoms with Crippen molar-refractivity contribution in [3.63, 3.8) is 0 Å². The Bertz CT molecular complexity index is 542. The first kappa shape index (κ1) is 17.1. The van der Waals surface area contributed by atoms with Gasteiger partial charge in [0.05, 0.1) is 0 Å². The average Bonchev–Trinajstić information content (AvgIpc) is 2.89. The zero-order valence-electron chi connectivity index (χ0n) is 14.4. The van der Waals surface area contributed by atoms with Gasteiger partial charge < -0.3 is 9.88 Å². The van der Waals surface area contributed by atoms with E-state index >= 15 is 0 Å². The van der Waals surface area contributed by atoms with E-state index in [2.05, 4.69) is 54.2 Å². The Labute approximate surface area is 135 Å². The van der Waals surface area contributed by atoms with Crippen molar-refractivity contribution in [1.82, 2.24) is 9.88 Å². The number of aromatic nitrogens is 1. The summed E-state index contributed by atoms with van der Waals surface area (Å²) in [5.74, 6) is 0. The van der Waals surface area contributed by atoms with E-state index in [1.165, 1.54) is 61.4 Å². The minimum Gasteiger partial charge on any atom is -0.347 e. The van der Waals surface area contributed by atoms with Gasteiger partial charge in [-0.15, -0.1) is 0 Å². The lowest BCUT2D eigenvalue weighted by atomic mass is 10.1. The zero-order chi connectivity index (χ0) is 15.6. The molecule has 0 aliphatic heterocycles. The highest BCUT2D eigenvalue weighted by Gasteiger charge is 2.06. The van der Waals surface area contributed by atoms with Gasteiger partial charge >= 0.3 is 0 Å². The molecule has 0 fully saturated rings. The SMILES string of the molecule is CCCCCCCCNCc1cn(CCC)c2ccccc12. The number of hydrogen-bond donors (Lipinski definition) is 1. The van der Waals surface area contributed by atoms with Crippen LogP contribution in [0.25, 0.3) is 10.9 Å². The van der Waals surface area contributed by atoms with Gasteiger partial charge in [0.1, 0.15) is 0 Å². The molecule has 0 spiro atoms. The molecule has 2 heteroatoms. The van der Waals surface area contributed by atoms with Crippen molar-refractivity contribution in [3.8, 4) is 0 Å². The molecule has 0 aliphatic carbocycles. The summed E-state index contributed by atoms with van der Waals surface area (Å²) in [6, 6.07) is 8.78. The number of para-hydroxylation sites is 1. The van der Waals surface area contributed by atoms with Crippen molar-refractivity contribution in [2.45, 2.75) is 71.9 Å². The topological polar surface area (TPSA) is 17.0 Å². The molecule has 0 saturated heterocycles. The van der Waals surface area contributed by atoms with Gasteiger partial charge in [0.15, 0.2) is 0 Å². The first-order valence-corrected chi connectivity index (χ1v) is 9.14. The standard InChI is InChI=1S/C20H32N2/c1-3-5-6-7-8-11-14-21-16-18-17-22(15-4-2)20-13-10-9-12-19(18)20/h9-10,12-13,17,21H,3-8,11,14-16H2,1-2H3. The Hall–Kier alpha value is -1.28. The van der Waals surface area contributed by atoms with E-state index in [0.29, 0.717) is 0 Å². The maximum absolute atomic E-state index is 3.63. The van der Waals surface area contributed by atoms with Crippen LogP contribution >= 0.6 is 0 Å². The number of rotatable bonds is 11. The fourth-order valence-corrected chi connectivity index (χ4v) is 3.14. The summed E-state index contributed by atoms with van der Waals surface area (Å²) < 4.78 is 2.40. The smallest absolute Gasteiger partial charge is 0.0483 e. The van der Waals surface area contributed by atoms with Gasteiger partial charge in [-0.2, -0.15) is 0 Å². The van der Waals surface area contributed by atoms with E-state index in [9.17, 15) is 0 Å². The average molecular weight is 300 g/mol. The van der Waals surface area contributed by atoms with Crippen molar-refractivity contribution in [2.75, 3.05) is 6.54 Å². The van der Waals surface area contributed by atoms with E-state index in [1.54, 1.807) is 0 Å². The lowest BCUT2D eigenvalue weighted by Gasteiger charge is -2.04. The van der Waals surface area contributed by atoms with Gasteiger partial charge in [0.2, 0.25) is 0 Å². The van der Waals surface area contributed by atoms with Crippen molar-refractivity contribution < 1.29 is 0 Å². The van der Waals surface area contributed by atoms with Gasteiger partial charge in [-0.05, 0) is 31.0 Å². The van der Waals surface area contributed by atoms with Gasteiger partial charge in [-0.1, -0.05) is 64.2 Å². The van der Waals surface area contributed by atoms with E-state index in [-0.39, 0.29) is 0 Å². The van der Waals surface area contributed by atoms with Crippen LogP contribution in [0.3, 0.4) is 0 Å². The molecule has 1 N–H and O–H groups in total. The number of benzene rings is 1. The van der Waals surface area contributed by atoms with Crippen molar-refractivity contribution in [1.29, 1.82) is 0 Å². The Morgan fingerprint density at radius 2 is 1.68 bits per heavy atom. The molecule has 0 unspecified atom stereocenters. The van der Waals surface area contributed by atoms with Crippen molar-refractivity contribution in [3.05, 3.63) is 36.0 Å². The number of aryl methyl sites for hydroxylation is 1. The number of unbranched alkanes of at least 4 members (excludes halogenated alkanes) is 5. The summed E-state index contributed by atoms with van der Waals surface area (Å²) in [5, 5.41) is 5.04. The summed E-state index contributed by atoms with van der Waals surface area (Å²) in [5.41, 5.74) is 2.82. The van der Waals surface area contributed by atoms with E-state index in [0.717, 1.165) is 19.6 Å². The predicted octanol–water partition coefficient (Wildman–Crippen LogP) is 5.50. The molecule has 0 bridgehead atoms. The largest absolute Gasteiger partial charge is 0.347 e. The van der Waals surface area contributed by atoms with Gasteiger partial charge in [0.25, 0.3) is 0 Å². The summed E-state index contributed by atoms with van der Waals surface area (Å²) in [4.78, 5) is 0. The quantitative estimate of drug-likeness (QED) is 0.542. The monoisotopic (exact) mass is 300 g/mol. The first-order valence-electron chi connectivity index (χ1n) is 9.14. The first-order chi connectivity index (χ1) is 10.9. The molecule has 2 nitrogen and oxygen atoms in total. The minimum absolute atomic E-state index is 0.992. The Morgan fingerprint density at radius 1 is 0.909 bits per heavy atom. The second-order valence-corrected chi connectivity index (χ2v) is 6.31. The number of nitrogens with one attached hydrogen (secondary N) is 1. The molecule has 2 rings (SSSR count). The second kappa shape index (κ2) is 9.68. The van der Waals surface area contributed by atoms with Gasteiger partial charge in [-0.25, -0.2) is 0 Å². The summed E-state index contributed by atoms with van der Waals surface area (Å²) >= 11 is 0. The van der Waals surface area contributed by atoms with Crippen LogP contribution in [-0.4, -0.2) is 11.1 Å². The molecular formula is C20H32N2. The molecule has 1 aromatic carbocycles. The number of fused-ring (bicyclic) bond motifs is 1. The van der Waals surface area contributed by atoms with Crippen molar-refractivity contribution >= 4 is 10.9 Å². The zero-order valence-corrected chi connectivity index (χ0v) is 14.4. The molecule has 0 atom stereocenters. The van der Waals surface area contributed by atoms with Crippen LogP contribution in [0.5, 0.6) is 0 Å². The molecule has 1 heterocycles. The summed E-state index contributed by atoms with van der Waals surface area (Å²) in [6.45, 7) is 7.76. The molecule has 0 aliphatic rings. The lowest BCUT2D eigenvalue weighted by Crippen LogP contribution is -2.14. The highest BCUT2D eigenvalue weighted by molar-refractivity contribution is 5.83. The van der Waals surface area contributed by atoms with Crippen LogP contribution in [0.15, 0.2) is 30.5 Å². The third kappa shape index (κ3) is 4.88. The second-order valence-electron chi connectivity index (χ2n) is 6.31. The van der Waals surface area contributed by atoms with Gasteiger partial charge in [0, 0.05) is 30.2 Å². The third-order valence-corrected chi connectivity index (χ3v) is 4.36. The molecule has 0 saturated carbocycles. The van der Waals surface area contributed by atoms with E-state index in [4.69, 9.17) is 0 Å². The number of nitrogens with zero attached hydrogens (tertiary/aromatic N) is 1. The van der Waals surface area contributed by atoms with Crippen LogP contribution in [0.4, 0.5) is 0 Å². The van der Waals surface area contributed by atoms with Crippen LogP contribution in [0, 0.1) is 0 Å². The third-order valence-electron chi connectivity index (χ3n) is 4.36. The highest BCUT2D eigenvalue weighted by atomic mass is 15.0. The molecule has 122 valence electrons. The van der Waals surface area contributed by atoms with Crippen LogP contribution in [0.1, 0.15) is 64.4 Å². The van der Waals surface area contributed by atoms with Crippen LogP contribution in [0.2, 0.25) is 0 Å². The maximum atomic E-state index is 3.63. The van der Waals surface area contributed by atoms with Gasteiger partial charge in [-0.3, -0.25) is 0 Å². The Kier molecular flexibility index (Phi) is 7.51. The van der Waals surface area contributed by atoms with Crippen molar-refractivity contribution in [2.24, 2.45) is 0 Å². The molecule has 0 radical (unpaired) electrons. The lowest BCUT2D eigenvalue weighted by molar-refractivity contribution is 0.572. The Balaban J connectivity index is 1.79. The predicted molar refractivity (Wildman–Crippen MR) is 97.3 cm³/mol. The maximum Gasteiger partial charge on any atom is 0.0483 e. The highest BCUT2D eigenvalue weighted by Crippen LogP contribution is 2.21. The Morgan fingerprint density at radius 3 is 2.50 bits per heavy atom. The van der Waals surface area contributed by atoms with Crippen LogP contribution < -0.4 is 5.32 Å². The fourth-order valence-electron chi connectivity index (χ4n) is 3.14. The van der Waals surface area contributed by atoms with E-state index < -0.39 is 0 Å². The molecule has 0 amide bonds.